The van der Waals surface area contributed by atoms with Crippen molar-refractivity contribution in [3.05, 3.63) is 61.4 Å². The van der Waals surface area contributed by atoms with Crippen LogP contribution in [-0.4, -0.2) is 0 Å². The highest BCUT2D eigenvalue weighted by Crippen LogP contribution is 2.42. The Balaban J connectivity index is 2.31. The molecule has 0 unspecified atom stereocenters. The molecule has 0 saturated carbocycles. The Labute approximate surface area is 154 Å². The molecule has 3 N–H and O–H groups in total. The van der Waals surface area contributed by atoms with Crippen LogP contribution < -0.4 is 10.7 Å². The first-order valence-corrected chi connectivity index (χ1v) is 8.40. The molecule has 0 spiro atoms. The van der Waals surface area contributed by atoms with E-state index in [0.717, 1.165) is 31.4 Å². The smallest absolute Gasteiger partial charge is 0.286 e. The van der Waals surface area contributed by atoms with Gasteiger partial charge in [-0.3, -0.25) is 5.73 Å². The highest BCUT2D eigenvalue weighted by Gasteiger charge is 2.32. The van der Waals surface area contributed by atoms with E-state index in [1.54, 1.807) is 0 Å². The molecule has 1 aliphatic rings. The third-order valence-corrected chi connectivity index (χ3v) is 4.95. The van der Waals surface area contributed by atoms with Crippen LogP contribution in [0.2, 0.25) is 0 Å². The van der Waals surface area contributed by atoms with Crippen molar-refractivity contribution < 1.29 is 4.98 Å². The first kappa shape index (κ1) is 16.2. The number of nitrogens with zero attached hydrogens (tertiary/aromatic N) is 2. The number of pyridine rings is 1. The highest BCUT2D eigenvalue weighted by molar-refractivity contribution is 14.1. The number of anilines is 1. The van der Waals surface area contributed by atoms with Crippen molar-refractivity contribution in [3.63, 3.8) is 0 Å². The Morgan fingerprint density at radius 1 is 1.12 bits per heavy atom. The number of aromatic amines is 1. The second kappa shape index (κ2) is 6.10. The van der Waals surface area contributed by atoms with Crippen LogP contribution in [-0.2, 0) is 0 Å². The fourth-order valence-electron chi connectivity index (χ4n) is 3.00. The maximum Gasteiger partial charge on any atom is 0.289 e. The number of rotatable bonds is 1. The number of hydrogen-bond acceptors (Lipinski definition) is 3. The Bertz CT molecular complexity index is 1000. The summed E-state index contributed by atoms with van der Waals surface area (Å²) in [4.78, 5) is 3.04. The molecule has 0 aliphatic heterocycles. The Morgan fingerprint density at radius 2 is 1.79 bits per heavy atom. The van der Waals surface area contributed by atoms with Crippen LogP contribution in [0.15, 0.2) is 29.8 Å². The van der Waals surface area contributed by atoms with Crippen molar-refractivity contribution in [3.8, 4) is 12.1 Å². The van der Waals surface area contributed by atoms with Gasteiger partial charge in [-0.05, 0) is 76.9 Å². The summed E-state index contributed by atoms with van der Waals surface area (Å²) in [6, 6.07) is 12.5. The van der Waals surface area contributed by atoms with Gasteiger partial charge in [-0.1, -0.05) is 12.1 Å². The molecular formula is C19H14IN4+. The van der Waals surface area contributed by atoms with Gasteiger partial charge in [0.1, 0.15) is 23.3 Å². The number of allylic oxidation sites excluding steroid dienone is 3. The fourth-order valence-corrected chi connectivity index (χ4v) is 3.36. The first-order valence-electron chi connectivity index (χ1n) is 7.32. The SMILES string of the molecule is CC1=C(C#N)c2[nH+]c(N)c(C#N)c(C)c2/C1=C/c1ccc(I)cc1. The van der Waals surface area contributed by atoms with E-state index in [4.69, 9.17) is 5.73 Å². The number of halogens is 1. The lowest BCUT2D eigenvalue weighted by molar-refractivity contribution is -0.364. The van der Waals surface area contributed by atoms with Crippen molar-refractivity contribution in [1.29, 1.82) is 10.5 Å². The molecule has 0 bridgehead atoms. The average Bonchev–Trinajstić information content (AvgIpc) is 2.81. The predicted molar refractivity (Wildman–Crippen MR) is 102 cm³/mol. The molecule has 1 heterocycles. The molecule has 5 heteroatoms. The van der Waals surface area contributed by atoms with E-state index in [9.17, 15) is 10.5 Å². The van der Waals surface area contributed by atoms with E-state index in [1.165, 1.54) is 0 Å². The van der Waals surface area contributed by atoms with Gasteiger partial charge < -0.3 is 0 Å². The van der Waals surface area contributed by atoms with E-state index in [0.29, 0.717) is 22.6 Å². The van der Waals surface area contributed by atoms with E-state index in [2.05, 4.69) is 39.7 Å². The molecule has 2 aromatic rings. The normalized spacial score (nSPS) is 14.5. The molecule has 1 aliphatic carbocycles. The quantitative estimate of drug-likeness (QED) is 0.707. The first-order chi connectivity index (χ1) is 11.5. The molecule has 1 aromatic carbocycles. The lowest BCUT2D eigenvalue weighted by Crippen LogP contribution is -2.20. The van der Waals surface area contributed by atoms with Crippen LogP contribution in [0.3, 0.4) is 0 Å². The number of nitrogen functional groups attached to an aromatic ring is 1. The summed E-state index contributed by atoms with van der Waals surface area (Å²) < 4.78 is 1.16. The number of fused-ring (bicyclic) bond motifs is 1. The van der Waals surface area contributed by atoms with Gasteiger partial charge in [0.15, 0.2) is 5.69 Å². The third-order valence-electron chi connectivity index (χ3n) is 4.23. The van der Waals surface area contributed by atoms with E-state index in [-0.39, 0.29) is 0 Å². The summed E-state index contributed by atoms with van der Waals surface area (Å²) in [5, 5.41) is 18.9. The second-order valence-electron chi connectivity index (χ2n) is 5.62. The second-order valence-corrected chi connectivity index (χ2v) is 6.87. The summed E-state index contributed by atoms with van der Waals surface area (Å²) >= 11 is 2.26. The maximum absolute atomic E-state index is 9.55. The molecule has 116 valence electrons. The number of nitriles is 2. The van der Waals surface area contributed by atoms with Crippen LogP contribution >= 0.6 is 22.6 Å². The van der Waals surface area contributed by atoms with Gasteiger partial charge in [0, 0.05) is 9.13 Å². The minimum atomic E-state index is 0.296. The number of nitrogens with two attached hydrogens (primary N) is 1. The number of nitrogens with one attached hydrogen (secondary N) is 1. The van der Waals surface area contributed by atoms with E-state index >= 15 is 0 Å². The maximum atomic E-state index is 9.55. The zero-order chi connectivity index (χ0) is 17.4. The van der Waals surface area contributed by atoms with Gasteiger partial charge in [-0.2, -0.15) is 10.5 Å². The lowest BCUT2D eigenvalue weighted by Gasteiger charge is -2.08. The number of benzene rings is 1. The van der Waals surface area contributed by atoms with Crippen molar-refractivity contribution in [2.24, 2.45) is 0 Å². The summed E-state index contributed by atoms with van der Waals surface area (Å²) in [7, 11) is 0. The van der Waals surface area contributed by atoms with Crippen LogP contribution in [0.1, 0.15) is 34.9 Å². The number of hydrogen-bond donors (Lipinski definition) is 1. The Hall–Kier alpha value is -2.64. The van der Waals surface area contributed by atoms with Gasteiger partial charge >= 0.3 is 0 Å². The minimum absolute atomic E-state index is 0.296. The van der Waals surface area contributed by atoms with E-state index < -0.39 is 0 Å². The van der Waals surface area contributed by atoms with Gasteiger partial charge in [-0.25, -0.2) is 4.98 Å². The van der Waals surface area contributed by atoms with Crippen LogP contribution in [0, 0.1) is 33.2 Å². The molecule has 1 aromatic heterocycles. The molecule has 0 fully saturated rings. The zero-order valence-corrected chi connectivity index (χ0v) is 15.4. The topological polar surface area (TPSA) is 87.7 Å². The molecule has 24 heavy (non-hydrogen) atoms. The molecule has 0 atom stereocenters. The van der Waals surface area contributed by atoms with Crippen LogP contribution in [0.25, 0.3) is 17.2 Å². The minimum Gasteiger partial charge on any atom is -0.286 e. The van der Waals surface area contributed by atoms with Gasteiger partial charge in [0.05, 0.1) is 0 Å². The molecule has 3 rings (SSSR count). The molecule has 4 nitrogen and oxygen atoms in total. The molecule has 0 saturated heterocycles. The van der Waals surface area contributed by atoms with Crippen molar-refractivity contribution in [1.82, 2.24) is 0 Å². The average molecular weight is 425 g/mol. The van der Waals surface area contributed by atoms with Crippen LogP contribution in [0.4, 0.5) is 5.82 Å². The van der Waals surface area contributed by atoms with Crippen molar-refractivity contribution in [2.75, 3.05) is 5.73 Å². The van der Waals surface area contributed by atoms with Crippen LogP contribution in [0.5, 0.6) is 0 Å². The third kappa shape index (κ3) is 2.47. The standard InChI is InChI=1S/C19H13IN4/c1-10-14(7-12-3-5-13(20)6-4-12)17-11(2)16(9-22)19(23)24-18(17)15(10)8-21/h3-7H,1-2H3,(H2,23,24)/p+1/b14-7+. The van der Waals surface area contributed by atoms with Gasteiger partial charge in [0.2, 0.25) is 0 Å². The number of aromatic nitrogens is 1. The predicted octanol–water partition coefficient (Wildman–Crippen LogP) is 3.72. The Morgan fingerprint density at radius 3 is 2.38 bits per heavy atom. The summed E-state index contributed by atoms with van der Waals surface area (Å²) in [5.74, 6) is 0.296. The molecule has 0 radical (unpaired) electrons. The zero-order valence-electron chi connectivity index (χ0n) is 13.2. The molecule has 0 amide bonds. The fraction of sp³-hybridized carbons (Fsp3) is 0.105. The summed E-state index contributed by atoms with van der Waals surface area (Å²) in [6.45, 7) is 3.80. The van der Waals surface area contributed by atoms with Crippen molar-refractivity contribution >= 4 is 45.6 Å². The largest absolute Gasteiger partial charge is 0.289 e. The molecular weight excluding hydrogens is 411 g/mol. The van der Waals surface area contributed by atoms with Crippen molar-refractivity contribution in [2.45, 2.75) is 13.8 Å². The van der Waals surface area contributed by atoms with Gasteiger partial charge in [0.25, 0.3) is 5.82 Å². The van der Waals surface area contributed by atoms with E-state index in [1.807, 2.05) is 44.2 Å². The lowest BCUT2D eigenvalue weighted by atomic mass is 9.95. The highest BCUT2D eigenvalue weighted by atomic mass is 127. The van der Waals surface area contributed by atoms with Gasteiger partial charge in [-0.15, -0.1) is 0 Å². The number of H-pyrrole nitrogens is 1. The monoisotopic (exact) mass is 425 g/mol. The Kier molecular flexibility index (Phi) is 4.13. The summed E-state index contributed by atoms with van der Waals surface area (Å²) in [6.07, 6.45) is 2.05. The summed E-state index contributed by atoms with van der Waals surface area (Å²) in [5.41, 5.74) is 12.2.